The molecule has 3 N–H and O–H groups in total. The maximum atomic E-state index is 11.7. The molecule has 1 aliphatic carbocycles. The summed E-state index contributed by atoms with van der Waals surface area (Å²) in [6.45, 7) is 1.78. The van der Waals surface area contributed by atoms with Crippen LogP contribution in [-0.2, 0) is 4.74 Å². The summed E-state index contributed by atoms with van der Waals surface area (Å²) in [5, 5.41) is 4.43. The molecular weight excluding hydrogens is 262 g/mol. The summed E-state index contributed by atoms with van der Waals surface area (Å²) in [6.07, 6.45) is 2.31. The summed E-state index contributed by atoms with van der Waals surface area (Å²) in [4.78, 5) is 14.3. The van der Waals surface area contributed by atoms with Gasteiger partial charge < -0.3 is 20.7 Å². The molecule has 1 aromatic rings. The average Bonchev–Trinajstić information content (AvgIpc) is 3.13. The molecule has 0 aromatic carbocycles. The fraction of sp³-hybridized carbons (Fsp3) is 0.615. The Morgan fingerprint density at radius 1 is 1.53 bits per heavy atom. The second-order valence-corrected chi connectivity index (χ2v) is 6.10. The number of rotatable bonds is 6. The third-order valence-corrected chi connectivity index (χ3v) is 4.34. The van der Waals surface area contributed by atoms with Crippen molar-refractivity contribution >= 4 is 28.0 Å². The second-order valence-electron chi connectivity index (χ2n) is 5.08. The molecule has 1 saturated carbocycles. The molecule has 0 saturated heterocycles. The molecule has 19 heavy (non-hydrogen) atoms. The zero-order valence-corrected chi connectivity index (χ0v) is 12.5. The number of carbonyl (C=O) groups excluding carboxylic acids is 1. The van der Waals surface area contributed by atoms with E-state index < -0.39 is 0 Å². The Labute approximate surface area is 117 Å². The van der Waals surface area contributed by atoms with E-state index in [1.54, 1.807) is 0 Å². The van der Waals surface area contributed by atoms with Gasteiger partial charge in [0.2, 0.25) is 0 Å². The lowest BCUT2D eigenvalue weighted by molar-refractivity contribution is 0.0607. The topological polar surface area (TPSA) is 67.6 Å². The number of anilines is 2. The highest BCUT2D eigenvalue weighted by atomic mass is 32.1. The van der Waals surface area contributed by atoms with E-state index in [-0.39, 0.29) is 5.97 Å². The smallest absolute Gasteiger partial charge is 0.350 e. The number of nitrogens with one attached hydrogen (secondary N) is 1. The molecule has 0 radical (unpaired) electrons. The van der Waals surface area contributed by atoms with Crippen LogP contribution in [0.2, 0.25) is 0 Å². The highest BCUT2D eigenvalue weighted by molar-refractivity contribution is 7.18. The summed E-state index contributed by atoms with van der Waals surface area (Å²) in [5.74, 6) is 0.168. The van der Waals surface area contributed by atoms with Gasteiger partial charge in [0.25, 0.3) is 0 Å². The number of ether oxygens (including phenoxy) is 1. The van der Waals surface area contributed by atoms with Gasteiger partial charge in [-0.1, -0.05) is 0 Å². The SMILES string of the molecule is COC(=O)c1sc(NCCN(C)C)c(C2CC2)c1N. The largest absolute Gasteiger partial charge is 0.465 e. The lowest BCUT2D eigenvalue weighted by Crippen LogP contribution is -2.20. The van der Waals surface area contributed by atoms with Gasteiger partial charge in [0.05, 0.1) is 17.8 Å². The van der Waals surface area contributed by atoms with E-state index in [0.717, 1.165) is 36.5 Å². The van der Waals surface area contributed by atoms with E-state index in [2.05, 4.69) is 10.2 Å². The van der Waals surface area contributed by atoms with Crippen molar-refractivity contribution in [1.82, 2.24) is 4.90 Å². The van der Waals surface area contributed by atoms with Gasteiger partial charge in [-0.2, -0.15) is 0 Å². The Morgan fingerprint density at radius 3 is 2.74 bits per heavy atom. The number of hydrogen-bond acceptors (Lipinski definition) is 6. The molecular formula is C13H21N3O2S. The predicted octanol–water partition coefficient (Wildman–Crippen LogP) is 1.97. The third kappa shape index (κ3) is 3.19. The van der Waals surface area contributed by atoms with Crippen LogP contribution < -0.4 is 11.1 Å². The van der Waals surface area contributed by atoms with Crippen LogP contribution in [0.3, 0.4) is 0 Å². The van der Waals surface area contributed by atoms with E-state index in [4.69, 9.17) is 10.5 Å². The number of hydrogen-bond donors (Lipinski definition) is 2. The fourth-order valence-electron chi connectivity index (χ4n) is 2.00. The van der Waals surface area contributed by atoms with Crippen molar-refractivity contribution in [3.05, 3.63) is 10.4 Å². The van der Waals surface area contributed by atoms with Crippen molar-refractivity contribution < 1.29 is 9.53 Å². The maximum absolute atomic E-state index is 11.7. The van der Waals surface area contributed by atoms with Crippen molar-refractivity contribution in [1.29, 1.82) is 0 Å². The minimum absolute atomic E-state index is 0.343. The molecule has 0 amide bonds. The van der Waals surface area contributed by atoms with Gasteiger partial charge in [0, 0.05) is 18.7 Å². The van der Waals surface area contributed by atoms with Gasteiger partial charge in [-0.15, -0.1) is 11.3 Å². The lowest BCUT2D eigenvalue weighted by atomic mass is 10.1. The van der Waals surface area contributed by atoms with Crippen molar-refractivity contribution in [3.63, 3.8) is 0 Å². The summed E-state index contributed by atoms with van der Waals surface area (Å²) in [7, 11) is 5.45. The molecule has 5 nitrogen and oxygen atoms in total. The van der Waals surface area contributed by atoms with Crippen LogP contribution in [0.5, 0.6) is 0 Å². The number of nitrogen functional groups attached to an aromatic ring is 1. The number of carbonyl (C=O) groups is 1. The first-order chi connectivity index (χ1) is 9.04. The van der Waals surface area contributed by atoms with Crippen molar-refractivity contribution in [2.45, 2.75) is 18.8 Å². The van der Waals surface area contributed by atoms with Gasteiger partial charge in [-0.05, 0) is 32.9 Å². The van der Waals surface area contributed by atoms with Gasteiger partial charge in [0.15, 0.2) is 0 Å². The summed E-state index contributed by atoms with van der Waals surface area (Å²) in [5.41, 5.74) is 7.83. The number of esters is 1. The first kappa shape index (κ1) is 14.1. The van der Waals surface area contributed by atoms with Gasteiger partial charge in [0.1, 0.15) is 4.88 Å². The third-order valence-electron chi connectivity index (χ3n) is 3.18. The Bertz CT molecular complexity index is 467. The van der Waals surface area contributed by atoms with Crippen LogP contribution in [0.25, 0.3) is 0 Å². The number of methoxy groups -OCH3 is 1. The average molecular weight is 283 g/mol. The van der Waals surface area contributed by atoms with Crippen LogP contribution in [0.1, 0.15) is 34.0 Å². The Hall–Kier alpha value is -1.27. The normalized spacial score (nSPS) is 14.7. The molecule has 1 heterocycles. The van der Waals surface area contributed by atoms with Gasteiger partial charge in [-0.25, -0.2) is 4.79 Å². The standard InChI is InChI=1S/C13H21N3O2S/c1-16(2)7-6-15-12-9(8-4-5-8)10(14)11(19-12)13(17)18-3/h8,15H,4-7,14H2,1-3H3. The Balaban J connectivity index is 2.18. The van der Waals surface area contributed by atoms with Gasteiger partial charge >= 0.3 is 5.97 Å². The van der Waals surface area contributed by atoms with Crippen LogP contribution in [0.4, 0.5) is 10.7 Å². The molecule has 6 heteroatoms. The number of likely N-dealkylation sites (N-methyl/N-ethyl adjacent to an activating group) is 1. The zero-order chi connectivity index (χ0) is 14.0. The maximum Gasteiger partial charge on any atom is 0.350 e. The first-order valence-electron chi connectivity index (χ1n) is 6.43. The van der Waals surface area contributed by atoms with Crippen molar-refractivity contribution in [3.8, 4) is 0 Å². The molecule has 0 bridgehead atoms. The summed E-state index contributed by atoms with van der Waals surface area (Å²) in [6, 6.07) is 0. The highest BCUT2D eigenvalue weighted by Crippen LogP contribution is 2.50. The van der Waals surface area contributed by atoms with E-state index in [9.17, 15) is 4.79 Å². The Kier molecular flexibility index (Phi) is 4.31. The van der Waals surface area contributed by atoms with Gasteiger partial charge in [-0.3, -0.25) is 0 Å². The van der Waals surface area contributed by atoms with Crippen LogP contribution in [0.15, 0.2) is 0 Å². The number of nitrogens with two attached hydrogens (primary N) is 1. The molecule has 0 atom stereocenters. The molecule has 0 unspecified atom stereocenters. The van der Waals surface area contributed by atoms with Crippen molar-refractivity contribution in [2.24, 2.45) is 0 Å². The van der Waals surface area contributed by atoms with E-state index in [1.165, 1.54) is 18.4 Å². The minimum Gasteiger partial charge on any atom is -0.465 e. The first-order valence-corrected chi connectivity index (χ1v) is 7.25. The summed E-state index contributed by atoms with van der Waals surface area (Å²) >= 11 is 1.41. The molecule has 2 rings (SSSR count). The second kappa shape index (κ2) is 5.79. The quantitative estimate of drug-likeness (QED) is 0.781. The van der Waals surface area contributed by atoms with Crippen LogP contribution in [0, 0.1) is 0 Å². The number of nitrogens with zero attached hydrogens (tertiary/aromatic N) is 1. The molecule has 1 aromatic heterocycles. The highest BCUT2D eigenvalue weighted by Gasteiger charge is 2.33. The van der Waals surface area contributed by atoms with E-state index in [1.807, 2.05) is 14.1 Å². The molecule has 1 fully saturated rings. The number of thiophene rings is 1. The monoisotopic (exact) mass is 283 g/mol. The summed E-state index contributed by atoms with van der Waals surface area (Å²) < 4.78 is 4.78. The molecule has 106 valence electrons. The Morgan fingerprint density at radius 2 is 2.21 bits per heavy atom. The van der Waals surface area contributed by atoms with Crippen molar-refractivity contribution in [2.75, 3.05) is 45.3 Å². The predicted molar refractivity (Wildman–Crippen MR) is 79.1 cm³/mol. The zero-order valence-electron chi connectivity index (χ0n) is 11.7. The molecule has 0 spiro atoms. The molecule has 0 aliphatic heterocycles. The van der Waals surface area contributed by atoms with E-state index >= 15 is 0 Å². The lowest BCUT2D eigenvalue weighted by Gasteiger charge is -2.11. The molecule has 1 aliphatic rings. The van der Waals surface area contributed by atoms with Crippen LogP contribution >= 0.6 is 11.3 Å². The van der Waals surface area contributed by atoms with Crippen LogP contribution in [-0.4, -0.2) is 45.2 Å². The fourth-order valence-corrected chi connectivity index (χ4v) is 3.15. The van der Waals surface area contributed by atoms with E-state index in [0.29, 0.717) is 16.5 Å². The minimum atomic E-state index is -0.343.